The van der Waals surface area contributed by atoms with Gasteiger partial charge < -0.3 is 5.32 Å². The van der Waals surface area contributed by atoms with Crippen LogP contribution in [0.4, 0.5) is 5.69 Å². The molecule has 160 valence electrons. The molecular formula is C26H23N3OS2. The summed E-state index contributed by atoms with van der Waals surface area (Å²) in [6.07, 6.45) is 1.74. The third kappa shape index (κ3) is 5.78. The summed E-state index contributed by atoms with van der Waals surface area (Å²) in [4.78, 5) is 24.1. The summed E-state index contributed by atoms with van der Waals surface area (Å²) >= 11 is 3.02. The summed E-state index contributed by atoms with van der Waals surface area (Å²) in [6.45, 7) is 4.11. The van der Waals surface area contributed by atoms with Gasteiger partial charge in [0, 0.05) is 22.5 Å². The third-order valence-corrected chi connectivity index (χ3v) is 6.78. The first-order valence-corrected chi connectivity index (χ1v) is 12.0. The van der Waals surface area contributed by atoms with Crippen molar-refractivity contribution < 1.29 is 4.79 Å². The number of carbonyl (C=O) groups excluding carboxylic acids is 1. The van der Waals surface area contributed by atoms with E-state index < -0.39 is 0 Å². The van der Waals surface area contributed by atoms with Gasteiger partial charge in [-0.2, -0.15) is 0 Å². The zero-order valence-corrected chi connectivity index (χ0v) is 19.5. The van der Waals surface area contributed by atoms with Crippen molar-refractivity contribution in [2.24, 2.45) is 0 Å². The summed E-state index contributed by atoms with van der Waals surface area (Å²) in [5.41, 5.74) is 4.72. The van der Waals surface area contributed by atoms with E-state index in [1.807, 2.05) is 73.7 Å². The fourth-order valence-electron chi connectivity index (χ4n) is 3.02. The number of thioether (sulfide) groups is 1. The quantitative estimate of drug-likeness (QED) is 0.245. The van der Waals surface area contributed by atoms with E-state index >= 15 is 0 Å². The maximum atomic E-state index is 13.2. The summed E-state index contributed by atoms with van der Waals surface area (Å²) in [5, 5.41) is 3.55. The molecule has 1 N–H and O–H groups in total. The number of aryl methyl sites for hydroxylation is 2. The van der Waals surface area contributed by atoms with Gasteiger partial charge in [0.1, 0.15) is 5.69 Å². The molecule has 6 heteroatoms. The van der Waals surface area contributed by atoms with Crippen LogP contribution in [-0.4, -0.2) is 15.9 Å². The maximum Gasteiger partial charge on any atom is 0.275 e. The molecule has 0 spiro atoms. The minimum Gasteiger partial charge on any atom is -0.321 e. The normalized spacial score (nSPS) is 10.7. The molecule has 1 aromatic heterocycles. The number of hydrogen-bond acceptors (Lipinski definition) is 5. The molecule has 4 rings (SSSR count). The van der Waals surface area contributed by atoms with Crippen LogP contribution in [0.25, 0.3) is 0 Å². The Balaban J connectivity index is 1.60. The number of anilines is 1. The molecule has 0 aliphatic rings. The Kier molecular flexibility index (Phi) is 7.24. The van der Waals surface area contributed by atoms with E-state index in [1.165, 1.54) is 34.7 Å². The molecule has 4 nitrogen and oxygen atoms in total. The van der Waals surface area contributed by atoms with E-state index in [2.05, 4.69) is 34.3 Å². The lowest BCUT2D eigenvalue weighted by atomic mass is 10.1. The number of hydrogen-bond donors (Lipinski definition) is 1. The summed E-state index contributed by atoms with van der Waals surface area (Å²) in [6, 6.07) is 25.9. The van der Waals surface area contributed by atoms with Crippen molar-refractivity contribution in [3.8, 4) is 0 Å². The van der Waals surface area contributed by atoms with Gasteiger partial charge >= 0.3 is 0 Å². The Labute approximate surface area is 196 Å². The Morgan fingerprint density at radius 1 is 0.906 bits per heavy atom. The number of rotatable bonds is 7. The summed E-state index contributed by atoms with van der Waals surface area (Å²) in [5.74, 6) is 0.504. The Hall–Kier alpha value is -3.09. The number of carbonyl (C=O) groups is 1. The molecule has 0 saturated heterocycles. The van der Waals surface area contributed by atoms with Crippen molar-refractivity contribution in [2.45, 2.75) is 34.5 Å². The SMILES string of the molecule is Cc1ccc(NC(=O)c2nc(SCc3ccccc3C)ncc2Sc2ccccc2)cc1. The topological polar surface area (TPSA) is 54.9 Å². The van der Waals surface area contributed by atoms with Gasteiger partial charge in [-0.15, -0.1) is 0 Å². The number of nitrogens with zero attached hydrogens (tertiary/aromatic N) is 2. The van der Waals surface area contributed by atoms with Crippen LogP contribution < -0.4 is 5.32 Å². The van der Waals surface area contributed by atoms with Crippen LogP contribution >= 0.6 is 23.5 Å². The standard InChI is InChI=1S/C26H23N3OS2/c1-18-12-14-21(15-13-18)28-25(30)24-23(32-22-10-4-3-5-11-22)16-27-26(29-24)31-17-20-9-7-6-8-19(20)2/h3-16H,17H2,1-2H3,(H,28,30). The van der Waals surface area contributed by atoms with Crippen molar-refractivity contribution in [1.29, 1.82) is 0 Å². The molecular weight excluding hydrogens is 434 g/mol. The van der Waals surface area contributed by atoms with Crippen molar-refractivity contribution in [2.75, 3.05) is 5.32 Å². The Morgan fingerprint density at radius 3 is 2.38 bits per heavy atom. The number of benzene rings is 3. The van der Waals surface area contributed by atoms with Crippen LogP contribution in [0, 0.1) is 13.8 Å². The molecule has 3 aromatic carbocycles. The number of aromatic nitrogens is 2. The first kappa shape index (κ1) is 22.1. The smallest absolute Gasteiger partial charge is 0.275 e. The minimum atomic E-state index is -0.243. The van der Waals surface area contributed by atoms with Crippen LogP contribution in [0.1, 0.15) is 27.2 Å². The largest absolute Gasteiger partial charge is 0.321 e. The van der Waals surface area contributed by atoms with Gasteiger partial charge in [0.15, 0.2) is 5.16 Å². The van der Waals surface area contributed by atoms with E-state index in [1.54, 1.807) is 6.20 Å². The second-order valence-electron chi connectivity index (χ2n) is 7.32. The molecule has 0 fully saturated rings. The summed E-state index contributed by atoms with van der Waals surface area (Å²) < 4.78 is 0. The van der Waals surface area contributed by atoms with Crippen LogP contribution in [0.2, 0.25) is 0 Å². The van der Waals surface area contributed by atoms with Crippen LogP contribution in [-0.2, 0) is 5.75 Å². The van der Waals surface area contributed by atoms with Crippen molar-refractivity contribution in [3.63, 3.8) is 0 Å². The van der Waals surface area contributed by atoms with Gasteiger partial charge in [0.2, 0.25) is 0 Å². The molecule has 0 saturated carbocycles. The van der Waals surface area contributed by atoms with Crippen LogP contribution in [0.3, 0.4) is 0 Å². The maximum absolute atomic E-state index is 13.2. The monoisotopic (exact) mass is 457 g/mol. The lowest BCUT2D eigenvalue weighted by molar-refractivity contribution is 0.101. The molecule has 32 heavy (non-hydrogen) atoms. The molecule has 1 heterocycles. The highest BCUT2D eigenvalue weighted by atomic mass is 32.2. The van der Waals surface area contributed by atoms with E-state index in [0.29, 0.717) is 10.9 Å². The third-order valence-electron chi connectivity index (χ3n) is 4.85. The second kappa shape index (κ2) is 10.5. The lowest BCUT2D eigenvalue weighted by Crippen LogP contribution is -2.16. The van der Waals surface area contributed by atoms with Crippen LogP contribution in [0.5, 0.6) is 0 Å². The molecule has 0 unspecified atom stereocenters. The predicted octanol–water partition coefficient (Wildman–Crippen LogP) is 6.79. The van der Waals surface area contributed by atoms with Gasteiger partial charge in [-0.3, -0.25) is 4.79 Å². The van der Waals surface area contributed by atoms with Gasteiger partial charge in [-0.05, 0) is 49.2 Å². The molecule has 1 amide bonds. The fourth-order valence-corrected chi connectivity index (χ4v) is 4.80. The highest BCUT2D eigenvalue weighted by Gasteiger charge is 2.17. The average molecular weight is 458 g/mol. The zero-order chi connectivity index (χ0) is 22.3. The Bertz CT molecular complexity index is 1210. The van der Waals surface area contributed by atoms with Gasteiger partial charge in [0.05, 0.1) is 4.90 Å². The lowest BCUT2D eigenvalue weighted by Gasteiger charge is -2.11. The van der Waals surface area contributed by atoms with E-state index in [0.717, 1.165) is 26.8 Å². The van der Waals surface area contributed by atoms with Gasteiger partial charge in [-0.25, -0.2) is 9.97 Å². The van der Waals surface area contributed by atoms with E-state index in [9.17, 15) is 4.79 Å². The first-order chi connectivity index (χ1) is 15.6. The average Bonchev–Trinajstić information content (AvgIpc) is 2.81. The number of amides is 1. The van der Waals surface area contributed by atoms with Crippen molar-refractivity contribution in [3.05, 3.63) is 107 Å². The van der Waals surface area contributed by atoms with E-state index in [-0.39, 0.29) is 5.91 Å². The second-order valence-corrected chi connectivity index (χ2v) is 9.37. The van der Waals surface area contributed by atoms with Crippen molar-refractivity contribution in [1.82, 2.24) is 9.97 Å². The van der Waals surface area contributed by atoms with Crippen molar-refractivity contribution >= 4 is 35.1 Å². The fraction of sp³-hybridized carbons (Fsp3) is 0.115. The number of nitrogens with one attached hydrogen (secondary N) is 1. The molecule has 0 radical (unpaired) electrons. The molecule has 4 aromatic rings. The van der Waals surface area contributed by atoms with Gasteiger partial charge in [0.25, 0.3) is 5.91 Å². The predicted molar refractivity (Wildman–Crippen MR) is 132 cm³/mol. The highest BCUT2D eigenvalue weighted by molar-refractivity contribution is 7.99. The van der Waals surface area contributed by atoms with Gasteiger partial charge in [-0.1, -0.05) is 83.7 Å². The molecule has 0 aliphatic carbocycles. The molecule has 0 aliphatic heterocycles. The summed E-state index contributed by atoms with van der Waals surface area (Å²) in [7, 11) is 0. The Morgan fingerprint density at radius 2 is 1.62 bits per heavy atom. The van der Waals surface area contributed by atoms with Crippen LogP contribution in [0.15, 0.2) is 100 Å². The zero-order valence-electron chi connectivity index (χ0n) is 17.9. The van der Waals surface area contributed by atoms with E-state index in [4.69, 9.17) is 0 Å². The molecule has 0 bridgehead atoms. The highest BCUT2D eigenvalue weighted by Crippen LogP contribution is 2.31. The first-order valence-electron chi connectivity index (χ1n) is 10.2. The molecule has 0 atom stereocenters. The minimum absolute atomic E-state index is 0.243.